The van der Waals surface area contributed by atoms with Crippen LogP contribution in [0, 0.1) is 6.92 Å². The maximum atomic E-state index is 5.68. The number of nitrogens with two attached hydrogens (primary N) is 1. The molecule has 0 amide bonds. The molecule has 1 rings (SSSR count). The van der Waals surface area contributed by atoms with E-state index >= 15 is 0 Å². The minimum atomic E-state index is 0.477. The fourth-order valence-corrected chi connectivity index (χ4v) is 1.60. The van der Waals surface area contributed by atoms with Crippen LogP contribution in [0.2, 0.25) is 0 Å². The summed E-state index contributed by atoms with van der Waals surface area (Å²) in [6, 6.07) is 6.09. The van der Waals surface area contributed by atoms with Crippen molar-refractivity contribution >= 4 is 5.69 Å². The van der Waals surface area contributed by atoms with Gasteiger partial charge in [0.05, 0.1) is 0 Å². The van der Waals surface area contributed by atoms with E-state index in [-0.39, 0.29) is 0 Å². The summed E-state index contributed by atoms with van der Waals surface area (Å²) in [4.78, 5) is 0. The van der Waals surface area contributed by atoms with Gasteiger partial charge in [0.15, 0.2) is 0 Å². The predicted molar refractivity (Wildman–Crippen MR) is 58.8 cm³/mol. The lowest BCUT2D eigenvalue weighted by Crippen LogP contribution is -1.95. The lowest BCUT2D eigenvalue weighted by atomic mass is 9.96. The third-order valence-electron chi connectivity index (χ3n) is 2.27. The largest absolute Gasteiger partial charge is 0.399 e. The Morgan fingerprint density at radius 3 is 2.62 bits per heavy atom. The number of hydrogen-bond acceptors (Lipinski definition) is 1. The number of hydrogen-bond donors (Lipinski definition) is 1. The summed E-state index contributed by atoms with van der Waals surface area (Å²) in [5.74, 6) is 0.477. The molecule has 70 valence electrons. The summed E-state index contributed by atoms with van der Waals surface area (Å²) in [6.45, 7) is 6.34. The van der Waals surface area contributed by atoms with E-state index in [2.05, 4.69) is 32.1 Å². The van der Waals surface area contributed by atoms with Crippen LogP contribution >= 0.6 is 0 Å². The van der Waals surface area contributed by atoms with E-state index in [1.807, 2.05) is 19.1 Å². The molecule has 0 aliphatic heterocycles. The first-order valence-electron chi connectivity index (χ1n) is 4.64. The Balaban J connectivity index is 3.01. The maximum Gasteiger partial charge on any atom is 0.0316 e. The number of anilines is 1. The van der Waals surface area contributed by atoms with Crippen molar-refractivity contribution in [1.82, 2.24) is 0 Å². The molecule has 1 heteroatoms. The molecule has 1 atom stereocenters. The molecule has 1 aromatic carbocycles. The van der Waals surface area contributed by atoms with Gasteiger partial charge >= 0.3 is 0 Å². The van der Waals surface area contributed by atoms with Crippen molar-refractivity contribution < 1.29 is 0 Å². The Kier molecular flexibility index (Phi) is 3.13. The van der Waals surface area contributed by atoms with Crippen molar-refractivity contribution in [3.63, 3.8) is 0 Å². The van der Waals surface area contributed by atoms with Crippen molar-refractivity contribution in [1.29, 1.82) is 0 Å². The van der Waals surface area contributed by atoms with Crippen LogP contribution in [0.1, 0.15) is 30.9 Å². The quantitative estimate of drug-likeness (QED) is 0.542. The van der Waals surface area contributed by atoms with E-state index in [4.69, 9.17) is 5.73 Å². The van der Waals surface area contributed by atoms with Gasteiger partial charge in [-0.15, -0.1) is 0 Å². The first kappa shape index (κ1) is 9.85. The van der Waals surface area contributed by atoms with Gasteiger partial charge in [0.2, 0.25) is 0 Å². The second-order valence-corrected chi connectivity index (χ2v) is 3.43. The van der Waals surface area contributed by atoms with Crippen molar-refractivity contribution in [2.24, 2.45) is 0 Å². The molecule has 0 heterocycles. The SMILES string of the molecule is C/C=C/C(C)c1ccc(N)cc1C. The van der Waals surface area contributed by atoms with Gasteiger partial charge in [-0.1, -0.05) is 25.1 Å². The van der Waals surface area contributed by atoms with Crippen LogP contribution in [0.5, 0.6) is 0 Å². The molecule has 0 spiro atoms. The lowest BCUT2D eigenvalue weighted by molar-refractivity contribution is 0.951. The highest BCUT2D eigenvalue weighted by Gasteiger charge is 2.04. The Bertz CT molecular complexity index is 313. The highest BCUT2D eigenvalue weighted by molar-refractivity contribution is 5.45. The van der Waals surface area contributed by atoms with E-state index in [0.717, 1.165) is 5.69 Å². The molecule has 0 bridgehead atoms. The zero-order chi connectivity index (χ0) is 9.84. The van der Waals surface area contributed by atoms with Gasteiger partial charge in [-0.3, -0.25) is 0 Å². The van der Waals surface area contributed by atoms with E-state index in [9.17, 15) is 0 Å². The summed E-state index contributed by atoms with van der Waals surface area (Å²) in [5.41, 5.74) is 9.15. The van der Waals surface area contributed by atoms with E-state index in [1.54, 1.807) is 0 Å². The average molecular weight is 175 g/mol. The Labute approximate surface area is 80.3 Å². The van der Waals surface area contributed by atoms with Crippen LogP contribution in [0.25, 0.3) is 0 Å². The Morgan fingerprint density at radius 2 is 2.08 bits per heavy atom. The molecule has 0 aromatic heterocycles. The highest BCUT2D eigenvalue weighted by Crippen LogP contribution is 2.22. The monoisotopic (exact) mass is 175 g/mol. The molecule has 0 aliphatic carbocycles. The number of benzene rings is 1. The normalized spacial score (nSPS) is 13.5. The van der Waals surface area contributed by atoms with Crippen LogP contribution in [0.4, 0.5) is 5.69 Å². The topological polar surface area (TPSA) is 26.0 Å². The molecule has 0 saturated heterocycles. The van der Waals surface area contributed by atoms with Crippen LogP contribution in [-0.2, 0) is 0 Å². The number of allylic oxidation sites excluding steroid dienone is 2. The second kappa shape index (κ2) is 4.13. The van der Waals surface area contributed by atoms with E-state index in [0.29, 0.717) is 5.92 Å². The minimum absolute atomic E-state index is 0.477. The summed E-state index contributed by atoms with van der Waals surface area (Å²) in [7, 11) is 0. The van der Waals surface area contributed by atoms with E-state index < -0.39 is 0 Å². The Hall–Kier alpha value is -1.24. The van der Waals surface area contributed by atoms with Crippen LogP contribution < -0.4 is 5.73 Å². The van der Waals surface area contributed by atoms with Crippen molar-refractivity contribution in [3.05, 3.63) is 41.5 Å². The molecule has 1 nitrogen and oxygen atoms in total. The zero-order valence-corrected chi connectivity index (χ0v) is 8.54. The lowest BCUT2D eigenvalue weighted by Gasteiger charge is -2.10. The molecule has 0 fully saturated rings. The van der Waals surface area contributed by atoms with Gasteiger partial charge in [0, 0.05) is 5.69 Å². The second-order valence-electron chi connectivity index (χ2n) is 3.43. The van der Waals surface area contributed by atoms with Gasteiger partial charge in [0.25, 0.3) is 0 Å². The standard InChI is InChI=1S/C12H17N/c1-4-5-9(2)12-7-6-11(13)8-10(12)3/h4-9H,13H2,1-3H3/b5-4+. The molecule has 0 radical (unpaired) electrons. The van der Waals surface area contributed by atoms with Gasteiger partial charge in [-0.2, -0.15) is 0 Å². The van der Waals surface area contributed by atoms with Crippen molar-refractivity contribution in [3.8, 4) is 0 Å². The predicted octanol–water partition coefficient (Wildman–Crippen LogP) is 3.26. The van der Waals surface area contributed by atoms with Gasteiger partial charge in [-0.05, 0) is 43.0 Å². The van der Waals surface area contributed by atoms with Gasteiger partial charge < -0.3 is 5.73 Å². The number of nitrogen functional groups attached to an aromatic ring is 1. The minimum Gasteiger partial charge on any atom is -0.399 e. The first-order valence-corrected chi connectivity index (χ1v) is 4.64. The smallest absolute Gasteiger partial charge is 0.0316 e. The molecule has 0 aliphatic rings. The zero-order valence-electron chi connectivity index (χ0n) is 8.54. The third kappa shape index (κ3) is 2.35. The molecule has 0 saturated carbocycles. The Morgan fingerprint density at radius 1 is 1.38 bits per heavy atom. The highest BCUT2D eigenvalue weighted by atomic mass is 14.5. The van der Waals surface area contributed by atoms with Gasteiger partial charge in [-0.25, -0.2) is 0 Å². The number of rotatable bonds is 2. The van der Waals surface area contributed by atoms with Crippen LogP contribution in [0.15, 0.2) is 30.4 Å². The number of aryl methyl sites for hydroxylation is 1. The van der Waals surface area contributed by atoms with Gasteiger partial charge in [0.1, 0.15) is 0 Å². The summed E-state index contributed by atoms with van der Waals surface area (Å²) >= 11 is 0. The maximum absolute atomic E-state index is 5.68. The third-order valence-corrected chi connectivity index (χ3v) is 2.27. The summed E-state index contributed by atoms with van der Waals surface area (Å²) < 4.78 is 0. The van der Waals surface area contributed by atoms with Crippen LogP contribution in [0.3, 0.4) is 0 Å². The molecular weight excluding hydrogens is 158 g/mol. The van der Waals surface area contributed by atoms with Crippen molar-refractivity contribution in [2.45, 2.75) is 26.7 Å². The molecule has 13 heavy (non-hydrogen) atoms. The summed E-state index contributed by atoms with van der Waals surface area (Å²) in [5, 5.41) is 0. The van der Waals surface area contributed by atoms with Crippen LogP contribution in [-0.4, -0.2) is 0 Å². The average Bonchev–Trinajstić information content (AvgIpc) is 2.04. The molecule has 1 unspecified atom stereocenters. The summed E-state index contributed by atoms with van der Waals surface area (Å²) in [6.07, 6.45) is 4.28. The van der Waals surface area contributed by atoms with E-state index in [1.165, 1.54) is 11.1 Å². The first-order chi connectivity index (χ1) is 6.15. The molecule has 2 N–H and O–H groups in total. The molecular formula is C12H17N. The fraction of sp³-hybridized carbons (Fsp3) is 0.333. The fourth-order valence-electron chi connectivity index (χ4n) is 1.60. The van der Waals surface area contributed by atoms with Crippen molar-refractivity contribution in [2.75, 3.05) is 5.73 Å². The molecule has 1 aromatic rings.